The van der Waals surface area contributed by atoms with Crippen LogP contribution in [0.25, 0.3) is 0 Å². The average Bonchev–Trinajstić information content (AvgIpc) is 3.12. The summed E-state index contributed by atoms with van der Waals surface area (Å²) in [6.45, 7) is 4.04. The second-order valence-corrected chi connectivity index (χ2v) is 8.40. The van der Waals surface area contributed by atoms with Gasteiger partial charge in [-0.3, -0.25) is 10.2 Å². The maximum absolute atomic E-state index is 12.5. The minimum absolute atomic E-state index is 0.0948. The predicted octanol–water partition coefficient (Wildman–Crippen LogP) is 3.56. The molecule has 2 aliphatic rings. The molecule has 1 aromatic heterocycles. The van der Waals surface area contributed by atoms with Gasteiger partial charge in [0.15, 0.2) is 11.5 Å². The van der Waals surface area contributed by atoms with E-state index in [1.807, 2.05) is 36.1 Å². The molecule has 0 fully saturated rings. The molecule has 0 aliphatic carbocycles. The molecule has 1 N–H and O–H groups in total. The molecule has 0 atom stereocenters. The Bertz CT molecular complexity index is 881. The number of thioether (sulfide) groups is 1. The zero-order valence-corrected chi connectivity index (χ0v) is 16.6. The molecular formula is C19H20N2O4S2. The zero-order chi connectivity index (χ0) is 18.8. The molecule has 0 unspecified atom stereocenters. The van der Waals surface area contributed by atoms with Gasteiger partial charge in [0.25, 0.3) is 0 Å². The molecule has 2 aromatic rings. The van der Waals surface area contributed by atoms with E-state index in [0.29, 0.717) is 32.1 Å². The van der Waals surface area contributed by atoms with E-state index in [1.165, 1.54) is 23.1 Å². The Labute approximate surface area is 165 Å². The normalized spacial score (nSPS) is 15.4. The highest BCUT2D eigenvalue weighted by Crippen LogP contribution is 2.42. The van der Waals surface area contributed by atoms with E-state index in [2.05, 4.69) is 0 Å². The van der Waals surface area contributed by atoms with Gasteiger partial charge < -0.3 is 19.1 Å². The Morgan fingerprint density at radius 2 is 2.07 bits per heavy atom. The van der Waals surface area contributed by atoms with Crippen LogP contribution in [0.2, 0.25) is 0 Å². The number of hydrogen-bond acceptors (Lipinski definition) is 7. The van der Waals surface area contributed by atoms with Crippen LogP contribution in [0.3, 0.4) is 0 Å². The van der Waals surface area contributed by atoms with Gasteiger partial charge in [-0.1, -0.05) is 6.07 Å². The van der Waals surface area contributed by atoms with Crippen molar-refractivity contribution in [2.45, 2.75) is 17.6 Å². The first-order chi connectivity index (χ1) is 13.2. The molecule has 0 saturated carbocycles. The highest BCUT2D eigenvalue weighted by Gasteiger charge is 2.28. The number of rotatable bonds is 5. The van der Waals surface area contributed by atoms with Gasteiger partial charge in [-0.05, 0) is 37.1 Å². The quantitative estimate of drug-likeness (QED) is 0.609. The zero-order valence-electron chi connectivity index (χ0n) is 14.9. The van der Waals surface area contributed by atoms with Crippen LogP contribution in [0, 0.1) is 5.41 Å². The van der Waals surface area contributed by atoms with Gasteiger partial charge in [-0.2, -0.15) is 0 Å². The molecule has 6 nitrogen and oxygen atoms in total. The van der Waals surface area contributed by atoms with Crippen molar-refractivity contribution >= 4 is 40.6 Å². The molecular weight excluding hydrogens is 384 g/mol. The highest BCUT2D eigenvalue weighted by atomic mass is 32.2. The van der Waals surface area contributed by atoms with Crippen LogP contribution in [0.4, 0.5) is 5.69 Å². The fourth-order valence-electron chi connectivity index (χ4n) is 3.05. The van der Waals surface area contributed by atoms with Gasteiger partial charge in [0, 0.05) is 6.54 Å². The number of nitrogens with one attached hydrogen (secondary N) is 1. The van der Waals surface area contributed by atoms with Gasteiger partial charge >= 0.3 is 0 Å². The van der Waals surface area contributed by atoms with Crippen LogP contribution in [0.5, 0.6) is 11.5 Å². The molecule has 1 amide bonds. The molecule has 4 rings (SSSR count). The fourth-order valence-corrected chi connectivity index (χ4v) is 5.26. The van der Waals surface area contributed by atoms with Gasteiger partial charge in [0.1, 0.15) is 13.2 Å². The number of nitrogens with zero attached hydrogens (tertiary/aromatic N) is 1. The third-order valence-corrected chi connectivity index (χ3v) is 6.73. The summed E-state index contributed by atoms with van der Waals surface area (Å²) in [7, 11) is 0. The second-order valence-electron chi connectivity index (χ2n) is 6.11. The number of benzene rings is 1. The molecule has 0 radical (unpaired) electrons. The third-order valence-electron chi connectivity index (χ3n) is 4.34. The van der Waals surface area contributed by atoms with E-state index < -0.39 is 0 Å². The van der Waals surface area contributed by atoms with E-state index >= 15 is 0 Å². The van der Waals surface area contributed by atoms with Crippen molar-refractivity contribution in [2.75, 3.05) is 37.0 Å². The van der Waals surface area contributed by atoms with Crippen molar-refractivity contribution in [3.8, 4) is 11.5 Å². The number of carbonyl (C=O) groups is 1. The summed E-state index contributed by atoms with van der Waals surface area (Å²) in [6, 6.07) is 7.82. The molecule has 1 aromatic carbocycles. The average molecular weight is 405 g/mol. The summed E-state index contributed by atoms with van der Waals surface area (Å²) < 4.78 is 17.6. The Balaban J connectivity index is 1.51. The van der Waals surface area contributed by atoms with E-state index in [0.717, 1.165) is 38.3 Å². The summed E-state index contributed by atoms with van der Waals surface area (Å²) in [5.74, 6) is 2.22. The molecule has 0 bridgehead atoms. The number of carbonyl (C=O) groups excluding carboxylic acids is 1. The lowest BCUT2D eigenvalue weighted by atomic mass is 10.1. The number of anilines is 1. The van der Waals surface area contributed by atoms with Gasteiger partial charge in [0.05, 0.1) is 27.1 Å². The van der Waals surface area contributed by atoms with Crippen molar-refractivity contribution in [3.63, 3.8) is 0 Å². The summed E-state index contributed by atoms with van der Waals surface area (Å²) >= 11 is 3.05. The molecule has 2 aliphatic heterocycles. The van der Waals surface area contributed by atoms with Crippen molar-refractivity contribution in [3.05, 3.63) is 34.7 Å². The van der Waals surface area contributed by atoms with Crippen LogP contribution in [-0.4, -0.2) is 43.9 Å². The summed E-state index contributed by atoms with van der Waals surface area (Å²) in [4.78, 5) is 15.1. The van der Waals surface area contributed by atoms with Crippen LogP contribution >= 0.6 is 23.1 Å². The lowest BCUT2D eigenvalue weighted by molar-refractivity contribution is -0.116. The van der Waals surface area contributed by atoms with Gasteiger partial charge in [-0.15, -0.1) is 23.1 Å². The largest absolute Gasteiger partial charge is 0.486 e. The Morgan fingerprint density at radius 1 is 1.26 bits per heavy atom. The van der Waals surface area contributed by atoms with Crippen LogP contribution in [0.1, 0.15) is 17.4 Å². The predicted molar refractivity (Wildman–Crippen MR) is 107 cm³/mol. The third kappa shape index (κ3) is 3.77. The van der Waals surface area contributed by atoms with Crippen LogP contribution in [-0.2, 0) is 16.0 Å². The molecule has 8 heteroatoms. The smallest absolute Gasteiger partial charge is 0.237 e. The fraction of sp³-hybridized carbons (Fsp3) is 0.368. The maximum Gasteiger partial charge on any atom is 0.237 e. The molecule has 0 saturated heterocycles. The SMILES string of the molecule is CCOC(=N)c1cc2c(s1)SCC(=O)N2CCc1ccc2c(c1)OCCO2. The molecule has 3 heterocycles. The van der Waals surface area contributed by atoms with Crippen molar-refractivity contribution < 1.29 is 19.0 Å². The Hall–Kier alpha value is -2.19. The molecule has 27 heavy (non-hydrogen) atoms. The summed E-state index contributed by atoms with van der Waals surface area (Å²) in [6.07, 6.45) is 0.723. The number of ether oxygens (including phenoxy) is 3. The number of thiophene rings is 1. The maximum atomic E-state index is 12.5. The topological polar surface area (TPSA) is 71.9 Å². The van der Waals surface area contributed by atoms with Gasteiger partial charge in [0.2, 0.25) is 11.8 Å². The van der Waals surface area contributed by atoms with Crippen molar-refractivity contribution in [2.24, 2.45) is 0 Å². The number of amides is 1. The Kier molecular flexibility index (Phi) is 5.27. The van der Waals surface area contributed by atoms with E-state index in [4.69, 9.17) is 19.6 Å². The monoisotopic (exact) mass is 404 g/mol. The van der Waals surface area contributed by atoms with Crippen molar-refractivity contribution in [1.29, 1.82) is 5.41 Å². The number of hydrogen-bond donors (Lipinski definition) is 1. The minimum Gasteiger partial charge on any atom is -0.486 e. The van der Waals surface area contributed by atoms with E-state index in [9.17, 15) is 4.79 Å². The van der Waals surface area contributed by atoms with E-state index in [-0.39, 0.29) is 11.8 Å². The van der Waals surface area contributed by atoms with Crippen LogP contribution in [0.15, 0.2) is 28.5 Å². The summed E-state index contributed by atoms with van der Waals surface area (Å²) in [5, 5.41) is 8.00. The first-order valence-corrected chi connectivity index (χ1v) is 10.6. The molecule has 0 spiro atoms. The van der Waals surface area contributed by atoms with E-state index in [1.54, 1.807) is 0 Å². The highest BCUT2D eigenvalue weighted by molar-refractivity contribution is 8.02. The minimum atomic E-state index is 0.0948. The Morgan fingerprint density at radius 3 is 2.89 bits per heavy atom. The standard InChI is InChI=1S/C19H20N2O4S2/c1-2-23-18(20)16-10-13-19(27-16)26-11-17(22)21(13)6-5-12-3-4-14-15(9-12)25-8-7-24-14/h3-4,9-10,20H,2,5-8,11H2,1H3. The lowest BCUT2D eigenvalue weighted by Crippen LogP contribution is -2.36. The lowest BCUT2D eigenvalue weighted by Gasteiger charge is -2.26. The summed E-state index contributed by atoms with van der Waals surface area (Å²) in [5.41, 5.74) is 1.99. The van der Waals surface area contributed by atoms with Crippen LogP contribution < -0.4 is 14.4 Å². The second kappa shape index (κ2) is 7.82. The molecule has 142 valence electrons. The van der Waals surface area contributed by atoms with Gasteiger partial charge in [-0.25, -0.2) is 0 Å². The van der Waals surface area contributed by atoms with Crippen molar-refractivity contribution in [1.82, 2.24) is 0 Å². The first-order valence-electron chi connectivity index (χ1n) is 8.83. The first kappa shape index (κ1) is 18.2. The number of fused-ring (bicyclic) bond motifs is 2.